The van der Waals surface area contributed by atoms with Gasteiger partial charge in [-0.3, -0.25) is 0 Å². The second-order valence-electron chi connectivity index (χ2n) is 4.22. The van der Waals surface area contributed by atoms with E-state index < -0.39 is 6.10 Å². The normalized spacial score (nSPS) is 12.6. The minimum absolute atomic E-state index is 0.520. The van der Waals surface area contributed by atoms with Gasteiger partial charge in [0, 0.05) is 5.56 Å². The van der Waals surface area contributed by atoms with E-state index in [0.29, 0.717) is 6.61 Å². The lowest BCUT2D eigenvalue weighted by Gasteiger charge is -2.15. The Morgan fingerprint density at radius 3 is 2.65 bits per heavy atom. The van der Waals surface area contributed by atoms with Crippen molar-refractivity contribution < 1.29 is 9.84 Å². The van der Waals surface area contributed by atoms with E-state index in [9.17, 15) is 5.11 Å². The van der Waals surface area contributed by atoms with Crippen LogP contribution >= 0.6 is 0 Å². The monoisotopic (exact) mass is 230 g/mol. The molecule has 2 nitrogen and oxygen atoms in total. The van der Waals surface area contributed by atoms with Gasteiger partial charge in [-0.25, -0.2) is 0 Å². The van der Waals surface area contributed by atoms with Gasteiger partial charge in [0.15, 0.2) is 0 Å². The molecule has 2 aromatic carbocycles. The maximum Gasteiger partial charge on any atom is 0.125 e. The van der Waals surface area contributed by atoms with E-state index in [0.717, 1.165) is 28.5 Å². The van der Waals surface area contributed by atoms with Crippen molar-refractivity contribution in [2.45, 2.75) is 26.4 Å². The standard InChI is InChI=1S/C15H18O2/c1-3-10-17-14-9-8-12-6-4-5-7-13(12)15(14)11(2)16/h4-9,11,16H,3,10H2,1-2H3/t11-/m0/s1. The molecule has 0 saturated carbocycles. The molecule has 0 aliphatic rings. The highest BCUT2D eigenvalue weighted by molar-refractivity contribution is 5.88. The number of fused-ring (bicyclic) bond motifs is 1. The van der Waals surface area contributed by atoms with Crippen LogP contribution in [0.2, 0.25) is 0 Å². The lowest BCUT2D eigenvalue weighted by Crippen LogP contribution is -2.02. The molecular formula is C15H18O2. The Bertz CT molecular complexity index is 503. The van der Waals surface area contributed by atoms with E-state index in [2.05, 4.69) is 6.92 Å². The van der Waals surface area contributed by atoms with Crippen LogP contribution in [0.1, 0.15) is 31.9 Å². The van der Waals surface area contributed by atoms with Crippen molar-refractivity contribution in [2.75, 3.05) is 6.61 Å². The fraction of sp³-hybridized carbons (Fsp3) is 0.333. The summed E-state index contributed by atoms with van der Waals surface area (Å²) in [5.41, 5.74) is 0.886. The van der Waals surface area contributed by atoms with Crippen LogP contribution in [0.5, 0.6) is 5.75 Å². The van der Waals surface area contributed by atoms with Gasteiger partial charge in [0.2, 0.25) is 0 Å². The maximum absolute atomic E-state index is 9.92. The minimum Gasteiger partial charge on any atom is -0.493 e. The lowest BCUT2D eigenvalue weighted by atomic mass is 10.00. The van der Waals surface area contributed by atoms with Gasteiger partial charge < -0.3 is 9.84 Å². The highest BCUT2D eigenvalue weighted by Crippen LogP contribution is 2.33. The van der Waals surface area contributed by atoms with Crippen molar-refractivity contribution in [3.63, 3.8) is 0 Å². The average Bonchev–Trinajstić information content (AvgIpc) is 2.35. The Morgan fingerprint density at radius 1 is 1.18 bits per heavy atom. The molecule has 0 aliphatic carbocycles. The van der Waals surface area contributed by atoms with E-state index in [1.807, 2.05) is 36.4 Å². The van der Waals surface area contributed by atoms with Crippen molar-refractivity contribution in [1.82, 2.24) is 0 Å². The van der Waals surface area contributed by atoms with Crippen LogP contribution in [0.4, 0.5) is 0 Å². The highest BCUT2D eigenvalue weighted by atomic mass is 16.5. The first-order valence-electron chi connectivity index (χ1n) is 6.06. The second-order valence-corrected chi connectivity index (χ2v) is 4.22. The van der Waals surface area contributed by atoms with Crippen LogP contribution in [-0.2, 0) is 0 Å². The molecule has 0 bridgehead atoms. The molecule has 1 N–H and O–H groups in total. The highest BCUT2D eigenvalue weighted by Gasteiger charge is 2.13. The van der Waals surface area contributed by atoms with E-state index in [4.69, 9.17) is 4.74 Å². The van der Waals surface area contributed by atoms with Crippen LogP contribution in [0.3, 0.4) is 0 Å². The van der Waals surface area contributed by atoms with Crippen LogP contribution in [0.25, 0.3) is 10.8 Å². The lowest BCUT2D eigenvalue weighted by molar-refractivity contribution is 0.193. The van der Waals surface area contributed by atoms with Gasteiger partial charge in [0.05, 0.1) is 12.7 Å². The number of rotatable bonds is 4. The SMILES string of the molecule is CCCOc1ccc2ccccc2c1[C@H](C)O. The number of benzene rings is 2. The third-order valence-corrected chi connectivity index (χ3v) is 2.81. The fourth-order valence-corrected chi connectivity index (χ4v) is 2.04. The van der Waals surface area contributed by atoms with E-state index in [1.54, 1.807) is 6.92 Å². The quantitative estimate of drug-likeness (QED) is 0.868. The van der Waals surface area contributed by atoms with E-state index in [-0.39, 0.29) is 0 Å². The Balaban J connectivity index is 2.56. The summed E-state index contributed by atoms with van der Waals surface area (Å²) in [5, 5.41) is 12.1. The molecule has 0 aromatic heterocycles. The van der Waals surface area contributed by atoms with Gasteiger partial charge in [0.25, 0.3) is 0 Å². The van der Waals surface area contributed by atoms with Crippen molar-refractivity contribution in [1.29, 1.82) is 0 Å². The molecule has 2 heteroatoms. The van der Waals surface area contributed by atoms with Crippen LogP contribution in [0.15, 0.2) is 36.4 Å². The summed E-state index contributed by atoms with van der Waals surface area (Å²) in [6.45, 7) is 4.53. The smallest absolute Gasteiger partial charge is 0.125 e. The third-order valence-electron chi connectivity index (χ3n) is 2.81. The average molecular weight is 230 g/mol. The minimum atomic E-state index is -0.520. The zero-order valence-corrected chi connectivity index (χ0v) is 10.3. The van der Waals surface area contributed by atoms with Crippen molar-refractivity contribution in [3.05, 3.63) is 42.0 Å². The molecule has 1 atom stereocenters. The number of hydrogen-bond acceptors (Lipinski definition) is 2. The topological polar surface area (TPSA) is 29.5 Å². The van der Waals surface area contributed by atoms with Gasteiger partial charge in [-0.1, -0.05) is 37.3 Å². The Hall–Kier alpha value is -1.54. The molecule has 0 unspecified atom stereocenters. The first kappa shape index (κ1) is 11.9. The van der Waals surface area contributed by atoms with Crippen LogP contribution in [-0.4, -0.2) is 11.7 Å². The molecule has 2 rings (SSSR count). The molecule has 90 valence electrons. The van der Waals surface area contributed by atoms with Crippen molar-refractivity contribution in [3.8, 4) is 5.75 Å². The van der Waals surface area contributed by atoms with Gasteiger partial charge >= 0.3 is 0 Å². The van der Waals surface area contributed by atoms with Gasteiger partial charge in [-0.05, 0) is 30.2 Å². The number of hydrogen-bond donors (Lipinski definition) is 1. The molecular weight excluding hydrogens is 212 g/mol. The van der Waals surface area contributed by atoms with E-state index in [1.165, 1.54) is 0 Å². The van der Waals surface area contributed by atoms with Gasteiger partial charge in [-0.15, -0.1) is 0 Å². The maximum atomic E-state index is 9.92. The van der Waals surface area contributed by atoms with Crippen LogP contribution in [0, 0.1) is 0 Å². The molecule has 0 amide bonds. The summed E-state index contributed by atoms with van der Waals surface area (Å²) in [4.78, 5) is 0. The molecule has 0 radical (unpaired) electrons. The van der Waals surface area contributed by atoms with E-state index >= 15 is 0 Å². The largest absolute Gasteiger partial charge is 0.493 e. The second kappa shape index (κ2) is 5.19. The molecule has 0 spiro atoms. The molecule has 17 heavy (non-hydrogen) atoms. The van der Waals surface area contributed by atoms with Crippen molar-refractivity contribution >= 4 is 10.8 Å². The fourth-order valence-electron chi connectivity index (χ4n) is 2.04. The summed E-state index contributed by atoms with van der Waals surface area (Å²) in [6, 6.07) is 12.0. The Kier molecular flexibility index (Phi) is 3.64. The van der Waals surface area contributed by atoms with Gasteiger partial charge in [-0.2, -0.15) is 0 Å². The molecule has 0 fully saturated rings. The first-order valence-corrected chi connectivity index (χ1v) is 6.06. The summed E-state index contributed by atoms with van der Waals surface area (Å²) in [6.07, 6.45) is 0.444. The Morgan fingerprint density at radius 2 is 1.94 bits per heavy atom. The first-order chi connectivity index (χ1) is 8.24. The molecule has 0 aliphatic heterocycles. The number of aliphatic hydroxyl groups excluding tert-OH is 1. The Labute approximate surface area is 102 Å². The summed E-state index contributed by atoms with van der Waals surface area (Å²) < 4.78 is 5.70. The predicted molar refractivity (Wildman–Crippen MR) is 70.4 cm³/mol. The van der Waals surface area contributed by atoms with Crippen LogP contribution < -0.4 is 4.74 Å². The summed E-state index contributed by atoms with van der Waals surface area (Å²) in [5.74, 6) is 0.792. The van der Waals surface area contributed by atoms with Gasteiger partial charge in [0.1, 0.15) is 5.75 Å². The molecule has 0 saturated heterocycles. The number of ether oxygens (including phenoxy) is 1. The molecule has 0 heterocycles. The third kappa shape index (κ3) is 2.42. The zero-order valence-electron chi connectivity index (χ0n) is 10.3. The van der Waals surface area contributed by atoms with Crippen molar-refractivity contribution in [2.24, 2.45) is 0 Å². The molecule has 2 aromatic rings. The number of aliphatic hydroxyl groups is 1. The zero-order chi connectivity index (χ0) is 12.3. The summed E-state index contributed by atoms with van der Waals surface area (Å²) in [7, 11) is 0. The predicted octanol–water partition coefficient (Wildman–Crippen LogP) is 3.68. The summed E-state index contributed by atoms with van der Waals surface area (Å²) >= 11 is 0.